The number of nitrogens with zero attached hydrogens (tertiary/aromatic N) is 1. The second-order valence-electron chi connectivity index (χ2n) is 7.48. The lowest BCUT2D eigenvalue weighted by atomic mass is 10.0. The number of rotatable bonds is 4. The fourth-order valence-electron chi connectivity index (χ4n) is 3.84. The molecule has 0 N–H and O–H groups in total. The van der Waals surface area contributed by atoms with Crippen molar-refractivity contribution in [1.29, 1.82) is 0 Å². The van der Waals surface area contributed by atoms with Gasteiger partial charge in [-0.15, -0.1) is 0 Å². The molecule has 1 aliphatic rings. The molecule has 30 heavy (non-hydrogen) atoms. The molecule has 0 radical (unpaired) electrons. The van der Waals surface area contributed by atoms with Crippen LogP contribution in [-0.2, 0) is 13.0 Å². The molecule has 4 aromatic rings. The maximum absolute atomic E-state index is 12.7. The summed E-state index contributed by atoms with van der Waals surface area (Å²) in [5.41, 5.74) is 3.84. The highest BCUT2D eigenvalue weighted by molar-refractivity contribution is 6.30. The van der Waals surface area contributed by atoms with Gasteiger partial charge in [0.15, 0.2) is 0 Å². The van der Waals surface area contributed by atoms with Crippen molar-refractivity contribution in [1.82, 2.24) is 4.90 Å². The van der Waals surface area contributed by atoms with E-state index in [1.807, 2.05) is 72.8 Å². The van der Waals surface area contributed by atoms with Gasteiger partial charge in [-0.3, -0.25) is 4.90 Å². The molecule has 0 saturated carbocycles. The van der Waals surface area contributed by atoms with Gasteiger partial charge < -0.3 is 9.15 Å². The summed E-state index contributed by atoms with van der Waals surface area (Å²) in [6, 6.07) is 23.3. The summed E-state index contributed by atoms with van der Waals surface area (Å²) in [6.45, 7) is 2.02. The standard InChI is InChI=1S/C25H20ClNO3/c26-20-9-6-17(7-10-20)12-13-27-15-22-23(29-16-27)11-8-19-14-21(25(28)30-24(19)22)18-4-2-1-3-5-18/h1-11,14H,12-13,15-16H2. The number of benzene rings is 3. The van der Waals surface area contributed by atoms with E-state index < -0.39 is 0 Å². The molecule has 150 valence electrons. The molecule has 0 saturated heterocycles. The van der Waals surface area contributed by atoms with Gasteiger partial charge in [-0.2, -0.15) is 0 Å². The van der Waals surface area contributed by atoms with E-state index in [0.717, 1.165) is 40.3 Å². The Morgan fingerprint density at radius 1 is 0.967 bits per heavy atom. The predicted molar refractivity (Wildman–Crippen MR) is 119 cm³/mol. The van der Waals surface area contributed by atoms with E-state index in [4.69, 9.17) is 20.8 Å². The predicted octanol–water partition coefficient (Wildman–Crippen LogP) is 5.51. The van der Waals surface area contributed by atoms with Crippen LogP contribution in [-0.4, -0.2) is 18.2 Å². The van der Waals surface area contributed by atoms with Crippen LogP contribution in [0, 0.1) is 0 Å². The zero-order valence-corrected chi connectivity index (χ0v) is 17.1. The first-order valence-electron chi connectivity index (χ1n) is 9.92. The highest BCUT2D eigenvalue weighted by atomic mass is 35.5. The minimum absolute atomic E-state index is 0.333. The van der Waals surface area contributed by atoms with Crippen molar-refractivity contribution < 1.29 is 9.15 Å². The highest BCUT2D eigenvalue weighted by Gasteiger charge is 2.22. The fourth-order valence-corrected chi connectivity index (χ4v) is 3.97. The molecule has 3 aromatic carbocycles. The van der Waals surface area contributed by atoms with E-state index in [9.17, 15) is 4.79 Å². The van der Waals surface area contributed by atoms with Gasteiger partial charge in [-0.25, -0.2) is 4.79 Å². The van der Waals surface area contributed by atoms with Crippen LogP contribution in [0.4, 0.5) is 0 Å². The van der Waals surface area contributed by atoms with Gasteiger partial charge in [0.2, 0.25) is 0 Å². The van der Waals surface area contributed by atoms with Crippen LogP contribution >= 0.6 is 11.6 Å². The normalized spacial score (nSPS) is 13.8. The second kappa shape index (κ2) is 7.98. The van der Waals surface area contributed by atoms with Crippen LogP contribution in [0.3, 0.4) is 0 Å². The Hall–Kier alpha value is -3.08. The number of hydrogen-bond donors (Lipinski definition) is 0. The molecule has 1 aliphatic heterocycles. The molecule has 0 amide bonds. The van der Waals surface area contributed by atoms with Crippen molar-refractivity contribution in [2.45, 2.75) is 13.0 Å². The van der Waals surface area contributed by atoms with Crippen LogP contribution in [0.5, 0.6) is 5.75 Å². The molecule has 0 atom stereocenters. The van der Waals surface area contributed by atoms with Gasteiger partial charge in [0.25, 0.3) is 0 Å². The molecule has 0 unspecified atom stereocenters. The lowest BCUT2D eigenvalue weighted by Crippen LogP contribution is -2.33. The first kappa shape index (κ1) is 18.9. The first-order chi connectivity index (χ1) is 14.7. The van der Waals surface area contributed by atoms with Crippen molar-refractivity contribution in [3.63, 3.8) is 0 Å². The smallest absolute Gasteiger partial charge is 0.344 e. The summed E-state index contributed by atoms with van der Waals surface area (Å²) in [4.78, 5) is 14.9. The van der Waals surface area contributed by atoms with Crippen LogP contribution in [0.15, 0.2) is 82.0 Å². The summed E-state index contributed by atoms with van der Waals surface area (Å²) in [7, 11) is 0. The molecule has 5 rings (SSSR count). The third-order valence-electron chi connectivity index (χ3n) is 5.46. The minimum atomic E-state index is -0.333. The molecule has 5 heteroatoms. The van der Waals surface area contributed by atoms with E-state index in [-0.39, 0.29) is 5.63 Å². The first-order valence-corrected chi connectivity index (χ1v) is 10.3. The fraction of sp³-hybridized carbons (Fsp3) is 0.160. The topological polar surface area (TPSA) is 42.7 Å². The van der Waals surface area contributed by atoms with E-state index in [1.54, 1.807) is 0 Å². The average Bonchev–Trinajstić information content (AvgIpc) is 2.79. The van der Waals surface area contributed by atoms with Gasteiger partial charge in [-0.05, 0) is 47.9 Å². The molecular weight excluding hydrogens is 398 g/mol. The average molecular weight is 418 g/mol. The molecule has 0 aliphatic carbocycles. The van der Waals surface area contributed by atoms with Gasteiger partial charge in [0, 0.05) is 23.5 Å². The lowest BCUT2D eigenvalue weighted by molar-refractivity contribution is 0.0968. The van der Waals surface area contributed by atoms with E-state index in [1.165, 1.54) is 5.56 Å². The zero-order valence-electron chi connectivity index (χ0n) is 16.3. The Balaban J connectivity index is 1.43. The van der Waals surface area contributed by atoms with Crippen molar-refractivity contribution in [2.75, 3.05) is 13.3 Å². The Labute approximate surface area is 179 Å². The summed E-state index contributed by atoms with van der Waals surface area (Å²) in [5, 5.41) is 1.64. The lowest BCUT2D eigenvalue weighted by Gasteiger charge is -2.29. The van der Waals surface area contributed by atoms with Gasteiger partial charge in [0.1, 0.15) is 18.1 Å². The van der Waals surface area contributed by atoms with Gasteiger partial charge in [0.05, 0.1) is 11.1 Å². The molecule has 0 spiro atoms. The SMILES string of the molecule is O=c1oc2c3c(ccc2cc1-c1ccccc1)OCN(CCc1ccc(Cl)cc1)C3. The monoisotopic (exact) mass is 417 g/mol. The van der Waals surface area contributed by atoms with Crippen LogP contribution in [0.25, 0.3) is 22.1 Å². The largest absolute Gasteiger partial charge is 0.478 e. The third-order valence-corrected chi connectivity index (χ3v) is 5.71. The molecule has 0 fully saturated rings. The maximum Gasteiger partial charge on any atom is 0.344 e. The van der Waals surface area contributed by atoms with Crippen molar-refractivity contribution in [2.24, 2.45) is 0 Å². The Morgan fingerprint density at radius 3 is 2.57 bits per heavy atom. The molecule has 0 bridgehead atoms. The minimum Gasteiger partial charge on any atom is -0.478 e. The highest BCUT2D eigenvalue weighted by Crippen LogP contribution is 2.33. The Kier molecular flexibility index (Phi) is 5.03. The number of ether oxygens (including phenoxy) is 1. The summed E-state index contributed by atoms with van der Waals surface area (Å²) >= 11 is 5.97. The quantitative estimate of drug-likeness (QED) is 0.411. The van der Waals surface area contributed by atoms with E-state index in [2.05, 4.69) is 4.90 Å². The van der Waals surface area contributed by atoms with Crippen LogP contribution in [0.2, 0.25) is 5.02 Å². The molecular formula is C25H20ClNO3. The van der Waals surface area contributed by atoms with E-state index in [0.29, 0.717) is 24.4 Å². The van der Waals surface area contributed by atoms with Gasteiger partial charge in [-0.1, -0.05) is 54.1 Å². The van der Waals surface area contributed by atoms with Crippen molar-refractivity contribution in [3.8, 4) is 16.9 Å². The summed E-state index contributed by atoms with van der Waals surface area (Å²) < 4.78 is 11.7. The maximum atomic E-state index is 12.7. The van der Waals surface area contributed by atoms with E-state index >= 15 is 0 Å². The van der Waals surface area contributed by atoms with Crippen LogP contribution < -0.4 is 10.4 Å². The van der Waals surface area contributed by atoms with Crippen molar-refractivity contribution in [3.05, 3.63) is 99.4 Å². The number of halogens is 1. The molecule has 2 heterocycles. The van der Waals surface area contributed by atoms with Crippen molar-refractivity contribution >= 4 is 22.6 Å². The third kappa shape index (κ3) is 3.72. The molecule has 4 nitrogen and oxygen atoms in total. The number of fused-ring (bicyclic) bond motifs is 3. The molecule has 1 aromatic heterocycles. The Bertz CT molecular complexity index is 1250. The summed E-state index contributed by atoms with van der Waals surface area (Å²) in [5.74, 6) is 0.779. The van der Waals surface area contributed by atoms with Gasteiger partial charge >= 0.3 is 5.63 Å². The second-order valence-corrected chi connectivity index (χ2v) is 7.91. The zero-order chi connectivity index (χ0) is 20.5. The Morgan fingerprint density at radius 2 is 1.77 bits per heavy atom. The van der Waals surface area contributed by atoms with Crippen LogP contribution in [0.1, 0.15) is 11.1 Å². The number of hydrogen-bond acceptors (Lipinski definition) is 4. The summed E-state index contributed by atoms with van der Waals surface area (Å²) in [6.07, 6.45) is 0.892.